The Morgan fingerprint density at radius 3 is 2.94 bits per heavy atom. The Bertz CT molecular complexity index is 701. The number of aryl methyl sites for hydroxylation is 1. The second kappa shape index (κ2) is 4.18. The Morgan fingerprint density at radius 2 is 2.11 bits per heavy atom. The molecular formula is C15H14N2O. The lowest BCUT2D eigenvalue weighted by atomic mass is 10.1. The van der Waals surface area contributed by atoms with E-state index < -0.39 is 0 Å². The monoisotopic (exact) mass is 238 g/mol. The van der Waals surface area contributed by atoms with Crippen LogP contribution >= 0.6 is 0 Å². The molecule has 3 rings (SSSR count). The molecule has 3 aromatic rings. The van der Waals surface area contributed by atoms with Gasteiger partial charge in [-0.15, -0.1) is 0 Å². The quantitative estimate of drug-likeness (QED) is 0.745. The van der Waals surface area contributed by atoms with Crippen molar-refractivity contribution in [3.05, 3.63) is 65.7 Å². The molecule has 90 valence electrons. The first-order valence-electron chi connectivity index (χ1n) is 5.93. The first-order chi connectivity index (χ1) is 8.72. The first kappa shape index (κ1) is 10.8. The fourth-order valence-corrected chi connectivity index (χ4v) is 2.15. The molecule has 0 aliphatic carbocycles. The smallest absolute Gasteiger partial charge is 0.117 e. The van der Waals surface area contributed by atoms with E-state index in [-0.39, 0.29) is 0 Å². The summed E-state index contributed by atoms with van der Waals surface area (Å²) in [7, 11) is 0. The molecule has 0 saturated carbocycles. The van der Waals surface area contributed by atoms with E-state index >= 15 is 0 Å². The lowest BCUT2D eigenvalue weighted by Gasteiger charge is -2.03. The second-order valence-corrected chi connectivity index (χ2v) is 4.52. The summed E-state index contributed by atoms with van der Waals surface area (Å²) in [5.41, 5.74) is 3.39. The summed E-state index contributed by atoms with van der Waals surface area (Å²) in [5, 5.41) is 9.46. The highest BCUT2D eigenvalue weighted by Crippen LogP contribution is 2.16. The van der Waals surface area contributed by atoms with Gasteiger partial charge < -0.3 is 9.51 Å². The molecule has 3 heteroatoms. The van der Waals surface area contributed by atoms with E-state index in [1.165, 1.54) is 5.56 Å². The molecule has 2 aromatic heterocycles. The molecule has 0 aliphatic heterocycles. The predicted molar refractivity (Wildman–Crippen MR) is 70.8 cm³/mol. The summed E-state index contributed by atoms with van der Waals surface area (Å²) in [5.74, 6) is 1.28. The molecule has 3 nitrogen and oxygen atoms in total. The Labute approximate surface area is 105 Å². The third-order valence-electron chi connectivity index (χ3n) is 3.04. The van der Waals surface area contributed by atoms with E-state index in [4.69, 9.17) is 0 Å². The summed E-state index contributed by atoms with van der Waals surface area (Å²) < 4.78 is 2.08. The number of nitrogens with zero attached hydrogens (tertiary/aromatic N) is 2. The van der Waals surface area contributed by atoms with E-state index in [1.807, 2.05) is 24.5 Å². The number of phenolic OH excluding ortho intramolecular Hbond substituents is 1. The van der Waals surface area contributed by atoms with Crippen molar-refractivity contribution in [2.24, 2.45) is 0 Å². The maximum atomic E-state index is 9.46. The largest absolute Gasteiger partial charge is 0.508 e. The fraction of sp³-hybridized carbons (Fsp3) is 0.133. The van der Waals surface area contributed by atoms with Crippen LogP contribution in [0.4, 0.5) is 0 Å². The normalized spacial score (nSPS) is 10.9. The van der Waals surface area contributed by atoms with Crippen LogP contribution in [0.15, 0.2) is 48.8 Å². The number of hydrogen-bond donors (Lipinski definition) is 1. The summed E-state index contributed by atoms with van der Waals surface area (Å²) in [4.78, 5) is 4.44. The summed E-state index contributed by atoms with van der Waals surface area (Å²) in [6.45, 7) is 2.07. The highest BCUT2D eigenvalue weighted by atomic mass is 16.3. The van der Waals surface area contributed by atoms with Crippen LogP contribution in [-0.2, 0) is 6.42 Å². The minimum Gasteiger partial charge on any atom is -0.508 e. The summed E-state index contributed by atoms with van der Waals surface area (Å²) >= 11 is 0. The van der Waals surface area contributed by atoms with Gasteiger partial charge in [0, 0.05) is 12.6 Å². The number of hydrogen-bond acceptors (Lipinski definition) is 2. The number of aromatic nitrogens is 2. The van der Waals surface area contributed by atoms with Gasteiger partial charge in [-0.25, -0.2) is 4.98 Å². The molecule has 0 atom stereocenters. The van der Waals surface area contributed by atoms with Gasteiger partial charge in [-0.1, -0.05) is 12.1 Å². The Morgan fingerprint density at radius 1 is 1.22 bits per heavy atom. The topological polar surface area (TPSA) is 37.5 Å². The van der Waals surface area contributed by atoms with Crippen LogP contribution < -0.4 is 0 Å². The average Bonchev–Trinajstić information content (AvgIpc) is 2.72. The van der Waals surface area contributed by atoms with Crippen molar-refractivity contribution in [2.75, 3.05) is 0 Å². The van der Waals surface area contributed by atoms with Crippen LogP contribution in [0.3, 0.4) is 0 Å². The maximum Gasteiger partial charge on any atom is 0.117 e. The molecule has 0 aliphatic rings. The minimum absolute atomic E-state index is 0.296. The third kappa shape index (κ3) is 1.95. The molecule has 0 spiro atoms. The van der Waals surface area contributed by atoms with Crippen molar-refractivity contribution in [2.45, 2.75) is 13.3 Å². The van der Waals surface area contributed by atoms with E-state index in [9.17, 15) is 5.11 Å². The van der Waals surface area contributed by atoms with Gasteiger partial charge in [-0.05, 0) is 42.3 Å². The van der Waals surface area contributed by atoms with Gasteiger partial charge in [0.05, 0.1) is 11.7 Å². The molecule has 0 saturated heterocycles. The fourth-order valence-electron chi connectivity index (χ4n) is 2.15. The molecule has 18 heavy (non-hydrogen) atoms. The second-order valence-electron chi connectivity index (χ2n) is 4.52. The van der Waals surface area contributed by atoms with Gasteiger partial charge >= 0.3 is 0 Å². The SMILES string of the molecule is Cc1ccn2c(Cc3cccc(O)c3)ncc2c1. The number of benzene rings is 1. The Kier molecular flexibility index (Phi) is 2.52. The summed E-state index contributed by atoms with van der Waals surface area (Å²) in [6, 6.07) is 11.5. The van der Waals surface area contributed by atoms with Crippen molar-refractivity contribution in [1.29, 1.82) is 0 Å². The van der Waals surface area contributed by atoms with Gasteiger partial charge in [0.2, 0.25) is 0 Å². The van der Waals surface area contributed by atoms with E-state index in [0.29, 0.717) is 12.2 Å². The predicted octanol–water partition coefficient (Wildman–Crippen LogP) is 2.94. The number of aromatic hydroxyl groups is 1. The van der Waals surface area contributed by atoms with Crippen LogP contribution in [0, 0.1) is 6.92 Å². The van der Waals surface area contributed by atoms with Crippen molar-refractivity contribution in [1.82, 2.24) is 9.38 Å². The molecule has 0 fully saturated rings. The first-order valence-corrected chi connectivity index (χ1v) is 5.93. The van der Waals surface area contributed by atoms with E-state index in [0.717, 1.165) is 16.9 Å². The standard InChI is InChI=1S/C15H14N2O/c1-11-5-6-17-13(7-11)10-16-15(17)9-12-3-2-4-14(18)8-12/h2-8,10,18H,9H2,1H3. The lowest BCUT2D eigenvalue weighted by Crippen LogP contribution is -1.96. The van der Waals surface area contributed by atoms with Crippen molar-refractivity contribution in [3.8, 4) is 5.75 Å². The minimum atomic E-state index is 0.296. The Hall–Kier alpha value is -2.29. The van der Waals surface area contributed by atoms with Crippen LogP contribution in [0.1, 0.15) is 17.0 Å². The highest BCUT2D eigenvalue weighted by Gasteiger charge is 2.05. The van der Waals surface area contributed by atoms with Crippen LogP contribution in [0.5, 0.6) is 5.75 Å². The van der Waals surface area contributed by atoms with Gasteiger partial charge in [-0.2, -0.15) is 0 Å². The number of imidazole rings is 1. The lowest BCUT2D eigenvalue weighted by molar-refractivity contribution is 0.474. The molecule has 0 amide bonds. The van der Waals surface area contributed by atoms with Gasteiger partial charge in [0.15, 0.2) is 0 Å². The van der Waals surface area contributed by atoms with Gasteiger partial charge in [-0.3, -0.25) is 0 Å². The number of phenols is 1. The highest BCUT2D eigenvalue weighted by molar-refractivity contribution is 5.48. The molecule has 2 heterocycles. The van der Waals surface area contributed by atoms with Crippen LogP contribution in [0.25, 0.3) is 5.52 Å². The molecule has 0 bridgehead atoms. The average molecular weight is 238 g/mol. The molecule has 0 unspecified atom stereocenters. The molecule has 1 N–H and O–H groups in total. The molecule has 1 aromatic carbocycles. The van der Waals surface area contributed by atoms with Gasteiger partial charge in [0.25, 0.3) is 0 Å². The Balaban J connectivity index is 2.00. The van der Waals surface area contributed by atoms with Crippen LogP contribution in [0.2, 0.25) is 0 Å². The van der Waals surface area contributed by atoms with Crippen molar-refractivity contribution >= 4 is 5.52 Å². The zero-order valence-corrected chi connectivity index (χ0v) is 10.2. The third-order valence-corrected chi connectivity index (χ3v) is 3.04. The van der Waals surface area contributed by atoms with Crippen LogP contribution in [-0.4, -0.2) is 14.5 Å². The van der Waals surface area contributed by atoms with Crippen molar-refractivity contribution in [3.63, 3.8) is 0 Å². The zero-order valence-electron chi connectivity index (χ0n) is 10.2. The molecular weight excluding hydrogens is 224 g/mol. The number of fused-ring (bicyclic) bond motifs is 1. The zero-order chi connectivity index (χ0) is 12.5. The van der Waals surface area contributed by atoms with E-state index in [1.54, 1.807) is 12.1 Å². The van der Waals surface area contributed by atoms with E-state index in [2.05, 4.69) is 28.4 Å². The summed E-state index contributed by atoms with van der Waals surface area (Å²) in [6.07, 6.45) is 4.63. The van der Waals surface area contributed by atoms with Gasteiger partial charge in [0.1, 0.15) is 11.6 Å². The number of rotatable bonds is 2. The van der Waals surface area contributed by atoms with Crippen molar-refractivity contribution < 1.29 is 5.11 Å². The molecule has 0 radical (unpaired) electrons. The maximum absolute atomic E-state index is 9.46. The number of pyridine rings is 1.